The monoisotopic (exact) mass is 362 g/mol. The first-order valence-corrected chi connectivity index (χ1v) is 8.39. The summed E-state index contributed by atoms with van der Waals surface area (Å²) in [5.41, 5.74) is 0.765. The third-order valence-electron chi connectivity index (χ3n) is 4.25. The van der Waals surface area contributed by atoms with E-state index >= 15 is 0 Å². The summed E-state index contributed by atoms with van der Waals surface area (Å²) >= 11 is 6.20. The smallest absolute Gasteiger partial charge is 0.289 e. The Hall–Kier alpha value is -2.47. The molecule has 1 aromatic heterocycles. The molecule has 0 bridgehead atoms. The number of benzene rings is 1. The van der Waals surface area contributed by atoms with Crippen LogP contribution in [-0.4, -0.2) is 54.9 Å². The number of carbonyl (C=O) groups excluding carboxylic acids is 2. The molecule has 1 aromatic carbocycles. The predicted molar refractivity (Wildman–Crippen MR) is 92.9 cm³/mol. The van der Waals surface area contributed by atoms with Crippen molar-refractivity contribution in [1.29, 1.82) is 0 Å². The van der Waals surface area contributed by atoms with Crippen molar-refractivity contribution in [3.05, 3.63) is 52.9 Å². The number of carbonyl (C=O) groups is 2. The standard InChI is InChI=1S/C18H19ClN2O4/c1-24-14-5-4-13(15(19)12-14)11-17(22)20-6-8-21(9-7-20)18(23)16-3-2-10-25-16/h2-5,10,12H,6-9,11H2,1H3. The second-order valence-electron chi connectivity index (χ2n) is 5.78. The van der Waals surface area contributed by atoms with Crippen LogP contribution in [0.1, 0.15) is 16.1 Å². The first kappa shape index (κ1) is 17.4. The van der Waals surface area contributed by atoms with Crippen LogP contribution in [0.3, 0.4) is 0 Å². The average molecular weight is 363 g/mol. The second-order valence-corrected chi connectivity index (χ2v) is 6.19. The maximum Gasteiger partial charge on any atom is 0.289 e. The van der Waals surface area contributed by atoms with E-state index in [1.807, 2.05) is 0 Å². The van der Waals surface area contributed by atoms with Crippen molar-refractivity contribution in [2.24, 2.45) is 0 Å². The van der Waals surface area contributed by atoms with Crippen LogP contribution in [0.2, 0.25) is 5.02 Å². The van der Waals surface area contributed by atoms with Crippen molar-refractivity contribution in [3.63, 3.8) is 0 Å². The minimum atomic E-state index is -0.143. The fourth-order valence-electron chi connectivity index (χ4n) is 2.79. The van der Waals surface area contributed by atoms with Crippen LogP contribution in [0.25, 0.3) is 0 Å². The summed E-state index contributed by atoms with van der Waals surface area (Å²) in [4.78, 5) is 28.2. The molecule has 6 nitrogen and oxygen atoms in total. The molecule has 25 heavy (non-hydrogen) atoms. The SMILES string of the molecule is COc1ccc(CC(=O)N2CCN(C(=O)c3ccco3)CC2)c(Cl)c1. The molecule has 0 spiro atoms. The molecule has 7 heteroatoms. The van der Waals surface area contributed by atoms with Gasteiger partial charge in [0.05, 0.1) is 19.8 Å². The maximum atomic E-state index is 12.5. The molecule has 1 saturated heterocycles. The first-order chi connectivity index (χ1) is 12.1. The van der Waals surface area contributed by atoms with Gasteiger partial charge >= 0.3 is 0 Å². The Bertz CT molecular complexity index is 752. The Morgan fingerprint density at radius 3 is 2.48 bits per heavy atom. The molecule has 1 aliphatic heterocycles. The maximum absolute atomic E-state index is 12.5. The highest BCUT2D eigenvalue weighted by Crippen LogP contribution is 2.23. The third-order valence-corrected chi connectivity index (χ3v) is 4.61. The molecule has 1 fully saturated rings. The van der Waals surface area contributed by atoms with Gasteiger partial charge in [0.2, 0.25) is 5.91 Å². The number of hydrogen-bond acceptors (Lipinski definition) is 4. The zero-order valence-corrected chi connectivity index (χ0v) is 14.7. The second kappa shape index (κ2) is 7.61. The van der Waals surface area contributed by atoms with E-state index in [4.69, 9.17) is 20.8 Å². The highest BCUT2D eigenvalue weighted by Gasteiger charge is 2.26. The van der Waals surface area contributed by atoms with Gasteiger partial charge in [0.15, 0.2) is 5.76 Å². The van der Waals surface area contributed by atoms with Crippen LogP contribution in [0.5, 0.6) is 5.75 Å². The number of hydrogen-bond donors (Lipinski definition) is 0. The molecule has 2 heterocycles. The molecule has 2 aromatic rings. The van der Waals surface area contributed by atoms with Gasteiger partial charge in [-0.05, 0) is 29.8 Å². The van der Waals surface area contributed by atoms with Gasteiger partial charge in [-0.15, -0.1) is 0 Å². The van der Waals surface area contributed by atoms with E-state index in [9.17, 15) is 9.59 Å². The number of furan rings is 1. The van der Waals surface area contributed by atoms with E-state index in [0.717, 1.165) is 5.56 Å². The molecular formula is C18H19ClN2O4. The van der Waals surface area contributed by atoms with E-state index in [1.165, 1.54) is 6.26 Å². The van der Waals surface area contributed by atoms with Crippen molar-refractivity contribution in [2.45, 2.75) is 6.42 Å². The van der Waals surface area contributed by atoms with Crippen molar-refractivity contribution >= 4 is 23.4 Å². The Labute approximate surface area is 150 Å². The fourth-order valence-corrected chi connectivity index (χ4v) is 3.03. The zero-order chi connectivity index (χ0) is 17.8. The van der Waals surface area contributed by atoms with Gasteiger partial charge < -0.3 is 19.0 Å². The number of methoxy groups -OCH3 is 1. The minimum absolute atomic E-state index is 0.00263. The predicted octanol–water partition coefficient (Wildman–Crippen LogP) is 2.47. The molecular weight excluding hydrogens is 344 g/mol. The van der Waals surface area contributed by atoms with E-state index < -0.39 is 0 Å². The van der Waals surface area contributed by atoms with Crippen molar-refractivity contribution < 1.29 is 18.7 Å². The molecule has 0 radical (unpaired) electrons. The topological polar surface area (TPSA) is 63.0 Å². The van der Waals surface area contributed by atoms with Gasteiger partial charge in [0.25, 0.3) is 5.91 Å². The summed E-state index contributed by atoms with van der Waals surface area (Å²) < 4.78 is 10.2. The number of amides is 2. The van der Waals surface area contributed by atoms with Crippen LogP contribution >= 0.6 is 11.6 Å². The molecule has 3 rings (SSSR count). The summed E-state index contributed by atoms with van der Waals surface area (Å²) in [7, 11) is 1.57. The van der Waals surface area contributed by atoms with Crippen LogP contribution in [0.4, 0.5) is 0 Å². The first-order valence-electron chi connectivity index (χ1n) is 8.01. The Morgan fingerprint density at radius 2 is 1.88 bits per heavy atom. The van der Waals surface area contributed by atoms with Gasteiger partial charge in [-0.25, -0.2) is 0 Å². The van der Waals surface area contributed by atoms with Gasteiger partial charge in [-0.1, -0.05) is 17.7 Å². The molecule has 0 saturated carbocycles. The Morgan fingerprint density at radius 1 is 1.16 bits per heavy atom. The minimum Gasteiger partial charge on any atom is -0.497 e. The molecule has 1 aliphatic rings. The van der Waals surface area contributed by atoms with Crippen molar-refractivity contribution in [2.75, 3.05) is 33.3 Å². The highest BCUT2D eigenvalue weighted by atomic mass is 35.5. The van der Waals surface area contributed by atoms with Crippen molar-refractivity contribution in [3.8, 4) is 5.75 Å². The summed E-state index contributed by atoms with van der Waals surface area (Å²) in [5, 5.41) is 0.513. The largest absolute Gasteiger partial charge is 0.497 e. The number of ether oxygens (including phenoxy) is 1. The fraction of sp³-hybridized carbons (Fsp3) is 0.333. The van der Waals surface area contributed by atoms with Crippen molar-refractivity contribution in [1.82, 2.24) is 9.80 Å². The molecule has 132 valence electrons. The van der Waals surface area contributed by atoms with E-state index in [1.54, 1.807) is 47.2 Å². The quantitative estimate of drug-likeness (QED) is 0.838. The summed E-state index contributed by atoms with van der Waals surface area (Å²) in [6, 6.07) is 8.62. The number of piperazine rings is 1. The average Bonchev–Trinajstić information content (AvgIpc) is 3.17. The van der Waals surface area contributed by atoms with E-state index in [2.05, 4.69) is 0 Å². The van der Waals surface area contributed by atoms with Crippen LogP contribution < -0.4 is 4.74 Å². The lowest BCUT2D eigenvalue weighted by Gasteiger charge is -2.34. The Balaban J connectivity index is 1.56. The molecule has 0 unspecified atom stereocenters. The van der Waals surface area contributed by atoms with Crippen LogP contribution in [0.15, 0.2) is 41.0 Å². The molecule has 0 atom stereocenters. The number of rotatable bonds is 4. The summed E-state index contributed by atoms with van der Waals surface area (Å²) in [5.74, 6) is 0.837. The number of nitrogens with zero attached hydrogens (tertiary/aromatic N) is 2. The summed E-state index contributed by atoms with van der Waals surface area (Å²) in [6.45, 7) is 1.97. The lowest BCUT2D eigenvalue weighted by molar-refractivity contribution is -0.131. The van der Waals surface area contributed by atoms with Crippen LogP contribution in [-0.2, 0) is 11.2 Å². The molecule has 2 amide bonds. The Kier molecular flexibility index (Phi) is 5.28. The zero-order valence-electron chi connectivity index (χ0n) is 13.9. The highest BCUT2D eigenvalue weighted by molar-refractivity contribution is 6.31. The van der Waals surface area contributed by atoms with Gasteiger partial charge in [0, 0.05) is 31.2 Å². The third kappa shape index (κ3) is 3.96. The lowest BCUT2D eigenvalue weighted by Crippen LogP contribution is -2.50. The van der Waals surface area contributed by atoms with Gasteiger partial charge in [0.1, 0.15) is 5.75 Å². The summed E-state index contributed by atoms with van der Waals surface area (Å²) in [6.07, 6.45) is 1.71. The normalized spacial score (nSPS) is 14.5. The molecule has 0 N–H and O–H groups in total. The number of halogens is 1. The van der Waals surface area contributed by atoms with Gasteiger partial charge in [-0.2, -0.15) is 0 Å². The molecule has 0 aliphatic carbocycles. The van der Waals surface area contributed by atoms with Crippen LogP contribution in [0, 0.1) is 0 Å². The van der Waals surface area contributed by atoms with E-state index in [-0.39, 0.29) is 18.2 Å². The van der Waals surface area contributed by atoms with Gasteiger partial charge in [-0.3, -0.25) is 9.59 Å². The van der Waals surface area contributed by atoms with E-state index in [0.29, 0.717) is 42.7 Å². The lowest BCUT2D eigenvalue weighted by atomic mass is 10.1.